The van der Waals surface area contributed by atoms with Gasteiger partial charge in [-0.1, -0.05) is 39.7 Å². The standard InChI is InChI=1S/C16H9BrClNO2/c17-8-14-19-15-10-3-1-2-4-12(10)20-13-6-5-9(18)7-11(13)16(15)21-14/h1-7H,8H2. The third-order valence-corrected chi connectivity index (χ3v) is 4.05. The second kappa shape index (κ2) is 4.90. The molecule has 0 saturated heterocycles. The van der Waals surface area contributed by atoms with E-state index in [-0.39, 0.29) is 0 Å². The number of hydrogen-bond acceptors (Lipinski definition) is 3. The number of rotatable bonds is 1. The number of fused-ring (bicyclic) bond motifs is 5. The normalized spacial score (nSPS) is 11.9. The Morgan fingerprint density at radius 2 is 1.86 bits per heavy atom. The molecule has 104 valence electrons. The van der Waals surface area contributed by atoms with E-state index in [0.717, 1.165) is 22.6 Å². The van der Waals surface area contributed by atoms with Gasteiger partial charge in [0.1, 0.15) is 17.2 Å². The number of nitrogens with zero attached hydrogens (tertiary/aromatic N) is 1. The molecule has 3 aromatic rings. The van der Waals surface area contributed by atoms with Crippen LogP contribution in [0.25, 0.3) is 22.6 Å². The van der Waals surface area contributed by atoms with Gasteiger partial charge in [-0.05, 0) is 30.3 Å². The topological polar surface area (TPSA) is 35.3 Å². The van der Waals surface area contributed by atoms with Crippen LogP contribution in [0.5, 0.6) is 11.5 Å². The molecule has 1 aliphatic rings. The van der Waals surface area contributed by atoms with Gasteiger partial charge >= 0.3 is 0 Å². The molecular weight excluding hydrogens is 354 g/mol. The number of hydrogen-bond donors (Lipinski definition) is 0. The number of oxazole rings is 1. The Hall–Kier alpha value is -1.78. The summed E-state index contributed by atoms with van der Waals surface area (Å²) >= 11 is 9.51. The summed E-state index contributed by atoms with van der Waals surface area (Å²) in [7, 11) is 0. The van der Waals surface area contributed by atoms with Crippen LogP contribution in [-0.4, -0.2) is 4.98 Å². The summed E-state index contributed by atoms with van der Waals surface area (Å²) < 4.78 is 11.9. The van der Waals surface area contributed by atoms with Gasteiger partial charge in [0.15, 0.2) is 5.76 Å². The Balaban J connectivity index is 2.08. The second-order valence-electron chi connectivity index (χ2n) is 4.66. The molecule has 2 aromatic carbocycles. The van der Waals surface area contributed by atoms with Crippen LogP contribution < -0.4 is 4.74 Å². The van der Waals surface area contributed by atoms with Gasteiger partial charge in [0.2, 0.25) is 5.89 Å². The molecule has 0 radical (unpaired) electrons. The quantitative estimate of drug-likeness (QED) is 0.410. The third-order valence-electron chi connectivity index (χ3n) is 3.33. The van der Waals surface area contributed by atoms with E-state index >= 15 is 0 Å². The first-order chi connectivity index (χ1) is 10.3. The summed E-state index contributed by atoms with van der Waals surface area (Å²) in [5, 5.41) is 1.19. The highest BCUT2D eigenvalue weighted by Gasteiger charge is 2.26. The Morgan fingerprint density at radius 1 is 1.05 bits per heavy atom. The number of ether oxygens (including phenoxy) is 1. The van der Waals surface area contributed by atoms with Crippen molar-refractivity contribution in [2.75, 3.05) is 0 Å². The van der Waals surface area contributed by atoms with Crippen LogP contribution in [-0.2, 0) is 5.33 Å². The SMILES string of the molecule is Clc1ccc2c(c1)-c1oc(CBr)nc1-c1ccccc1O2. The summed E-state index contributed by atoms with van der Waals surface area (Å²) in [4.78, 5) is 4.56. The molecule has 0 atom stereocenters. The van der Waals surface area contributed by atoms with E-state index < -0.39 is 0 Å². The Kier molecular flexibility index (Phi) is 3.01. The average Bonchev–Trinajstić information content (AvgIpc) is 2.89. The molecule has 0 N–H and O–H groups in total. The smallest absolute Gasteiger partial charge is 0.206 e. The van der Waals surface area contributed by atoms with Gasteiger partial charge in [0.05, 0.1) is 10.9 Å². The third kappa shape index (κ3) is 2.06. The van der Waals surface area contributed by atoms with Crippen molar-refractivity contribution in [2.45, 2.75) is 5.33 Å². The van der Waals surface area contributed by atoms with Gasteiger partial charge in [-0.3, -0.25) is 0 Å². The first-order valence-electron chi connectivity index (χ1n) is 6.39. The highest BCUT2D eigenvalue weighted by atomic mass is 79.9. The molecule has 21 heavy (non-hydrogen) atoms. The lowest BCUT2D eigenvalue weighted by molar-refractivity contribution is 0.482. The van der Waals surface area contributed by atoms with Gasteiger partial charge < -0.3 is 9.15 Å². The van der Waals surface area contributed by atoms with Gasteiger partial charge in [-0.2, -0.15) is 0 Å². The zero-order chi connectivity index (χ0) is 14.4. The molecule has 5 heteroatoms. The number of benzene rings is 2. The van der Waals surface area contributed by atoms with E-state index in [1.807, 2.05) is 36.4 Å². The zero-order valence-corrected chi connectivity index (χ0v) is 13.1. The van der Waals surface area contributed by atoms with E-state index in [1.54, 1.807) is 6.07 Å². The van der Waals surface area contributed by atoms with Crippen molar-refractivity contribution in [3.8, 4) is 34.1 Å². The molecule has 0 amide bonds. The summed E-state index contributed by atoms with van der Waals surface area (Å²) in [6.07, 6.45) is 0. The monoisotopic (exact) mass is 361 g/mol. The van der Waals surface area contributed by atoms with Crippen LogP contribution in [0.3, 0.4) is 0 Å². The molecule has 0 aliphatic carbocycles. The fourth-order valence-corrected chi connectivity index (χ4v) is 2.84. The van der Waals surface area contributed by atoms with E-state index in [0.29, 0.717) is 27.8 Å². The van der Waals surface area contributed by atoms with Gasteiger partial charge in [-0.25, -0.2) is 4.98 Å². The largest absolute Gasteiger partial charge is 0.456 e. The van der Waals surface area contributed by atoms with E-state index in [4.69, 9.17) is 20.8 Å². The van der Waals surface area contributed by atoms with Crippen molar-refractivity contribution < 1.29 is 9.15 Å². The lowest BCUT2D eigenvalue weighted by Gasteiger charge is -2.08. The number of para-hydroxylation sites is 1. The lowest BCUT2D eigenvalue weighted by atomic mass is 10.1. The predicted octanol–water partition coefficient (Wildman–Crippen LogP) is 5.66. The maximum Gasteiger partial charge on any atom is 0.206 e. The summed E-state index contributed by atoms with van der Waals surface area (Å²) in [5.41, 5.74) is 2.50. The van der Waals surface area contributed by atoms with Crippen molar-refractivity contribution >= 4 is 27.5 Å². The molecule has 2 heterocycles. The molecule has 0 spiro atoms. The summed E-state index contributed by atoms with van der Waals surface area (Å²) in [6, 6.07) is 13.3. The molecule has 1 aliphatic heterocycles. The van der Waals surface area contributed by atoms with Crippen LogP contribution in [0.15, 0.2) is 46.9 Å². The number of aromatic nitrogens is 1. The second-order valence-corrected chi connectivity index (χ2v) is 5.65. The zero-order valence-electron chi connectivity index (χ0n) is 10.8. The van der Waals surface area contributed by atoms with E-state index in [2.05, 4.69) is 20.9 Å². The molecular formula is C16H9BrClNO2. The van der Waals surface area contributed by atoms with Crippen LogP contribution in [0.4, 0.5) is 0 Å². The lowest BCUT2D eigenvalue weighted by Crippen LogP contribution is -1.87. The maximum atomic E-state index is 6.12. The van der Waals surface area contributed by atoms with Crippen molar-refractivity contribution in [3.63, 3.8) is 0 Å². The summed E-state index contributed by atoms with van der Waals surface area (Å²) in [5.74, 6) is 2.78. The predicted molar refractivity (Wildman–Crippen MR) is 85.1 cm³/mol. The average molecular weight is 363 g/mol. The number of halogens is 2. The minimum absolute atomic E-state index is 0.554. The number of alkyl halides is 1. The van der Waals surface area contributed by atoms with Gasteiger partial charge in [-0.15, -0.1) is 0 Å². The summed E-state index contributed by atoms with van der Waals surface area (Å²) in [6.45, 7) is 0. The minimum Gasteiger partial charge on any atom is -0.456 e. The van der Waals surface area contributed by atoms with Crippen molar-refractivity contribution in [1.82, 2.24) is 4.98 Å². The van der Waals surface area contributed by atoms with Crippen molar-refractivity contribution in [1.29, 1.82) is 0 Å². The van der Waals surface area contributed by atoms with Crippen molar-refractivity contribution in [2.24, 2.45) is 0 Å². The molecule has 1 aromatic heterocycles. The Morgan fingerprint density at radius 3 is 2.71 bits per heavy atom. The first-order valence-corrected chi connectivity index (χ1v) is 7.89. The first kappa shape index (κ1) is 12.9. The van der Waals surface area contributed by atoms with E-state index in [9.17, 15) is 0 Å². The van der Waals surface area contributed by atoms with Gasteiger partial charge in [0, 0.05) is 10.6 Å². The van der Waals surface area contributed by atoms with Crippen LogP contribution >= 0.6 is 27.5 Å². The molecule has 0 bridgehead atoms. The fraction of sp³-hybridized carbons (Fsp3) is 0.0625. The van der Waals surface area contributed by atoms with Crippen molar-refractivity contribution in [3.05, 3.63) is 53.4 Å². The van der Waals surface area contributed by atoms with Crippen LogP contribution in [0, 0.1) is 0 Å². The highest BCUT2D eigenvalue weighted by Crippen LogP contribution is 2.47. The Bertz CT molecular complexity index is 844. The van der Waals surface area contributed by atoms with Crippen LogP contribution in [0.2, 0.25) is 5.02 Å². The molecule has 4 rings (SSSR count). The minimum atomic E-state index is 0.554. The fourth-order valence-electron chi connectivity index (χ4n) is 2.43. The maximum absolute atomic E-state index is 6.12. The molecule has 3 nitrogen and oxygen atoms in total. The van der Waals surface area contributed by atoms with Gasteiger partial charge in [0.25, 0.3) is 0 Å². The highest BCUT2D eigenvalue weighted by molar-refractivity contribution is 9.08. The Labute approximate surface area is 134 Å². The molecule has 0 unspecified atom stereocenters. The van der Waals surface area contributed by atoms with E-state index in [1.165, 1.54) is 0 Å². The molecule has 0 fully saturated rings. The van der Waals surface area contributed by atoms with Crippen LogP contribution in [0.1, 0.15) is 5.89 Å². The molecule has 0 saturated carbocycles.